The summed E-state index contributed by atoms with van der Waals surface area (Å²) >= 11 is 3.52. The van der Waals surface area contributed by atoms with Crippen LogP contribution in [0.25, 0.3) is 0 Å². The number of hydrogen-bond donors (Lipinski definition) is 1. The summed E-state index contributed by atoms with van der Waals surface area (Å²) in [6.45, 7) is 3.86. The molecule has 0 amide bonds. The van der Waals surface area contributed by atoms with Gasteiger partial charge in [-0.05, 0) is 61.3 Å². The van der Waals surface area contributed by atoms with Crippen LogP contribution in [0, 0.1) is 19.7 Å². The van der Waals surface area contributed by atoms with Crippen molar-refractivity contribution in [3.05, 3.63) is 68.9 Å². The van der Waals surface area contributed by atoms with Gasteiger partial charge in [-0.1, -0.05) is 34.1 Å². The number of aryl methyl sites for hydroxylation is 2. The zero-order valence-corrected chi connectivity index (χ0v) is 12.9. The molecule has 1 atom stereocenters. The third-order valence-electron chi connectivity index (χ3n) is 3.20. The molecule has 1 unspecified atom stereocenters. The van der Waals surface area contributed by atoms with Crippen molar-refractivity contribution < 1.29 is 4.39 Å². The van der Waals surface area contributed by atoms with Gasteiger partial charge in [0.15, 0.2) is 0 Å². The van der Waals surface area contributed by atoms with E-state index < -0.39 is 0 Å². The maximum atomic E-state index is 13.4. The van der Waals surface area contributed by atoms with Crippen LogP contribution >= 0.6 is 15.9 Å². The average Bonchev–Trinajstić information content (AvgIpc) is 2.33. The molecule has 0 aromatic heterocycles. The molecule has 0 fully saturated rings. The van der Waals surface area contributed by atoms with E-state index in [4.69, 9.17) is 0 Å². The van der Waals surface area contributed by atoms with E-state index in [0.717, 1.165) is 10.0 Å². The molecule has 2 aromatic rings. The highest BCUT2D eigenvalue weighted by Gasteiger charge is 2.14. The van der Waals surface area contributed by atoms with Crippen LogP contribution in [-0.2, 0) is 0 Å². The second kappa shape index (κ2) is 5.85. The molecule has 2 aromatic carbocycles. The van der Waals surface area contributed by atoms with Crippen LogP contribution in [0.4, 0.5) is 4.39 Å². The monoisotopic (exact) mass is 321 g/mol. The van der Waals surface area contributed by atoms with E-state index in [0.29, 0.717) is 5.56 Å². The van der Waals surface area contributed by atoms with Crippen molar-refractivity contribution in [2.24, 2.45) is 0 Å². The maximum Gasteiger partial charge on any atom is 0.126 e. The fraction of sp³-hybridized carbons (Fsp3) is 0.250. The molecular weight excluding hydrogens is 305 g/mol. The van der Waals surface area contributed by atoms with E-state index >= 15 is 0 Å². The fourth-order valence-electron chi connectivity index (χ4n) is 2.30. The zero-order chi connectivity index (χ0) is 14.0. The standard InChI is InChI=1S/C16H17BrFN/c1-10-6-13(9-14(17)7-10)16(19-3)12-4-5-15(18)11(2)8-12/h4-9,16,19H,1-3H3. The average molecular weight is 322 g/mol. The van der Waals surface area contributed by atoms with E-state index in [-0.39, 0.29) is 11.9 Å². The molecule has 0 bridgehead atoms. The van der Waals surface area contributed by atoms with Crippen molar-refractivity contribution in [3.63, 3.8) is 0 Å². The molecule has 1 N–H and O–H groups in total. The Bertz CT molecular complexity index is 575. The fourth-order valence-corrected chi connectivity index (χ4v) is 2.93. The summed E-state index contributed by atoms with van der Waals surface area (Å²) in [5, 5.41) is 3.29. The zero-order valence-electron chi connectivity index (χ0n) is 11.3. The molecule has 19 heavy (non-hydrogen) atoms. The lowest BCUT2D eigenvalue weighted by atomic mass is 9.96. The summed E-state index contributed by atoms with van der Waals surface area (Å²) < 4.78 is 14.4. The van der Waals surface area contributed by atoms with Crippen LogP contribution in [-0.4, -0.2) is 7.05 Å². The van der Waals surface area contributed by atoms with Gasteiger partial charge in [0.1, 0.15) is 5.82 Å². The first-order valence-corrected chi connectivity index (χ1v) is 7.01. The Morgan fingerprint density at radius 1 is 1.05 bits per heavy atom. The van der Waals surface area contributed by atoms with Gasteiger partial charge in [-0.3, -0.25) is 0 Å². The molecule has 0 aliphatic heterocycles. The molecule has 0 spiro atoms. The smallest absolute Gasteiger partial charge is 0.126 e. The topological polar surface area (TPSA) is 12.0 Å². The molecule has 0 saturated heterocycles. The summed E-state index contributed by atoms with van der Waals surface area (Å²) in [5.41, 5.74) is 4.10. The maximum absolute atomic E-state index is 13.4. The number of halogens is 2. The molecule has 0 heterocycles. The lowest BCUT2D eigenvalue weighted by molar-refractivity contribution is 0.614. The van der Waals surface area contributed by atoms with Gasteiger partial charge in [0.25, 0.3) is 0 Å². The van der Waals surface area contributed by atoms with Crippen LogP contribution in [0.1, 0.15) is 28.3 Å². The summed E-state index contributed by atoms with van der Waals surface area (Å²) in [6.07, 6.45) is 0. The molecule has 0 aliphatic carbocycles. The summed E-state index contributed by atoms with van der Waals surface area (Å²) in [6, 6.07) is 11.6. The minimum absolute atomic E-state index is 0.0653. The first-order chi connectivity index (χ1) is 9.01. The van der Waals surface area contributed by atoms with Gasteiger partial charge in [0, 0.05) is 4.47 Å². The van der Waals surface area contributed by atoms with Gasteiger partial charge in [-0.2, -0.15) is 0 Å². The van der Waals surface area contributed by atoms with E-state index in [9.17, 15) is 4.39 Å². The highest BCUT2D eigenvalue weighted by molar-refractivity contribution is 9.10. The van der Waals surface area contributed by atoms with Gasteiger partial charge in [0.05, 0.1) is 6.04 Å². The quantitative estimate of drug-likeness (QED) is 0.876. The predicted molar refractivity (Wildman–Crippen MR) is 80.9 cm³/mol. The molecule has 100 valence electrons. The Kier molecular flexibility index (Phi) is 4.38. The summed E-state index contributed by atoms with van der Waals surface area (Å²) in [5.74, 6) is -0.163. The van der Waals surface area contributed by atoms with E-state index in [2.05, 4.69) is 46.4 Å². The van der Waals surface area contributed by atoms with Crippen LogP contribution in [0.3, 0.4) is 0 Å². The highest BCUT2D eigenvalue weighted by Crippen LogP contribution is 2.26. The van der Waals surface area contributed by atoms with Crippen LogP contribution in [0.2, 0.25) is 0 Å². The molecule has 0 radical (unpaired) electrons. The van der Waals surface area contributed by atoms with E-state index in [1.807, 2.05) is 19.2 Å². The van der Waals surface area contributed by atoms with Crippen molar-refractivity contribution >= 4 is 15.9 Å². The van der Waals surface area contributed by atoms with Crippen molar-refractivity contribution in [2.75, 3.05) is 7.05 Å². The molecule has 3 heteroatoms. The Morgan fingerprint density at radius 2 is 1.79 bits per heavy atom. The Hall–Kier alpha value is -1.19. The van der Waals surface area contributed by atoms with Gasteiger partial charge in [-0.15, -0.1) is 0 Å². The second-order valence-electron chi connectivity index (χ2n) is 4.79. The second-order valence-corrected chi connectivity index (χ2v) is 5.71. The normalized spacial score (nSPS) is 12.5. The number of rotatable bonds is 3. The highest BCUT2D eigenvalue weighted by atomic mass is 79.9. The first-order valence-electron chi connectivity index (χ1n) is 6.21. The molecular formula is C16H17BrFN. The van der Waals surface area contributed by atoms with Gasteiger partial charge in [0.2, 0.25) is 0 Å². The third-order valence-corrected chi connectivity index (χ3v) is 3.66. The molecule has 0 aliphatic rings. The van der Waals surface area contributed by atoms with Crippen LogP contribution in [0.15, 0.2) is 40.9 Å². The third kappa shape index (κ3) is 3.23. The largest absolute Gasteiger partial charge is 0.309 e. The van der Waals surface area contributed by atoms with Crippen LogP contribution in [0.5, 0.6) is 0 Å². The van der Waals surface area contributed by atoms with Crippen LogP contribution < -0.4 is 5.32 Å². The lowest BCUT2D eigenvalue weighted by Gasteiger charge is -2.19. The first kappa shape index (κ1) is 14.2. The molecule has 2 rings (SSSR count). The number of nitrogens with one attached hydrogen (secondary N) is 1. The Morgan fingerprint density at radius 3 is 2.37 bits per heavy atom. The molecule has 1 nitrogen and oxygen atoms in total. The predicted octanol–water partition coefficient (Wildman–Crippen LogP) is 4.51. The van der Waals surface area contributed by atoms with Crippen molar-refractivity contribution in [2.45, 2.75) is 19.9 Å². The van der Waals surface area contributed by atoms with E-state index in [1.165, 1.54) is 17.2 Å². The number of benzene rings is 2. The van der Waals surface area contributed by atoms with Crippen molar-refractivity contribution in [1.82, 2.24) is 5.32 Å². The minimum Gasteiger partial charge on any atom is -0.309 e. The van der Waals surface area contributed by atoms with E-state index in [1.54, 1.807) is 6.92 Å². The lowest BCUT2D eigenvalue weighted by Crippen LogP contribution is -2.18. The SMILES string of the molecule is CNC(c1cc(C)cc(Br)c1)c1ccc(F)c(C)c1. The Labute approximate surface area is 122 Å². The van der Waals surface area contributed by atoms with Gasteiger partial charge >= 0.3 is 0 Å². The number of hydrogen-bond acceptors (Lipinski definition) is 1. The summed E-state index contributed by atoms with van der Waals surface area (Å²) in [4.78, 5) is 0. The van der Waals surface area contributed by atoms with Crippen molar-refractivity contribution in [3.8, 4) is 0 Å². The molecule has 0 saturated carbocycles. The minimum atomic E-state index is -0.163. The van der Waals surface area contributed by atoms with Gasteiger partial charge in [-0.25, -0.2) is 4.39 Å². The Balaban J connectivity index is 2.46. The van der Waals surface area contributed by atoms with Crippen molar-refractivity contribution in [1.29, 1.82) is 0 Å². The summed E-state index contributed by atoms with van der Waals surface area (Å²) in [7, 11) is 1.92. The van der Waals surface area contributed by atoms with Gasteiger partial charge < -0.3 is 5.32 Å².